The summed E-state index contributed by atoms with van der Waals surface area (Å²) >= 11 is 0. The molecule has 0 saturated carbocycles. The number of nitrogens with zero attached hydrogens (tertiary/aromatic N) is 1. The van der Waals surface area contributed by atoms with Crippen LogP contribution in [0, 0.1) is 0 Å². The molecule has 0 radical (unpaired) electrons. The molecule has 0 unspecified atom stereocenters. The second-order valence-corrected chi connectivity index (χ2v) is 5.67. The lowest BCUT2D eigenvalue weighted by Gasteiger charge is -2.11. The van der Waals surface area contributed by atoms with Crippen molar-refractivity contribution in [3.8, 4) is 11.5 Å². The third kappa shape index (κ3) is 4.67. The van der Waals surface area contributed by atoms with Gasteiger partial charge in [0.1, 0.15) is 5.58 Å². The Morgan fingerprint density at radius 1 is 1.14 bits per heavy atom. The van der Waals surface area contributed by atoms with Gasteiger partial charge < -0.3 is 19.0 Å². The fraction of sp³-hybridized carbons (Fsp3) is 0.150. The zero-order chi connectivity index (χ0) is 19.9. The predicted octanol–water partition coefficient (Wildman–Crippen LogP) is 3.06. The summed E-state index contributed by atoms with van der Waals surface area (Å²) in [6.45, 7) is 1.71. The molecule has 1 heterocycles. The van der Waals surface area contributed by atoms with Crippen molar-refractivity contribution in [2.75, 3.05) is 13.2 Å². The Balaban J connectivity index is 1.68. The standard InChI is InChI=1S/C20H18N2O6/c1-2-26-17-9-13(7-8-16(17)27-12-19(23)24)11-21-22-20(25)18-10-14-5-3-4-6-15(14)28-18/h3-11H,2,12H2,1H3,(H,22,25)(H,23,24)/b21-11+. The van der Waals surface area contributed by atoms with Gasteiger partial charge in [0.05, 0.1) is 12.8 Å². The summed E-state index contributed by atoms with van der Waals surface area (Å²) in [4.78, 5) is 22.8. The third-order valence-electron chi connectivity index (χ3n) is 3.65. The zero-order valence-electron chi connectivity index (χ0n) is 15.0. The number of aliphatic carboxylic acids is 1. The van der Waals surface area contributed by atoms with E-state index < -0.39 is 18.5 Å². The van der Waals surface area contributed by atoms with E-state index in [4.69, 9.17) is 19.0 Å². The highest BCUT2D eigenvalue weighted by Crippen LogP contribution is 2.28. The molecule has 3 rings (SSSR count). The van der Waals surface area contributed by atoms with Crippen molar-refractivity contribution in [3.05, 3.63) is 59.9 Å². The smallest absolute Gasteiger partial charge is 0.341 e. The largest absolute Gasteiger partial charge is 0.490 e. The Labute approximate surface area is 160 Å². The molecule has 0 bridgehead atoms. The predicted molar refractivity (Wildman–Crippen MR) is 102 cm³/mol. The summed E-state index contributed by atoms with van der Waals surface area (Å²) in [7, 11) is 0. The molecule has 3 aromatic rings. The van der Waals surface area contributed by atoms with Gasteiger partial charge in [0, 0.05) is 5.39 Å². The van der Waals surface area contributed by atoms with Crippen LogP contribution >= 0.6 is 0 Å². The van der Waals surface area contributed by atoms with Gasteiger partial charge >= 0.3 is 11.9 Å². The molecule has 0 saturated heterocycles. The Morgan fingerprint density at radius 3 is 2.71 bits per heavy atom. The number of hydrogen-bond donors (Lipinski definition) is 2. The van der Waals surface area contributed by atoms with Crippen molar-refractivity contribution in [3.63, 3.8) is 0 Å². The first-order chi connectivity index (χ1) is 13.6. The quantitative estimate of drug-likeness (QED) is 0.458. The van der Waals surface area contributed by atoms with E-state index in [9.17, 15) is 9.59 Å². The molecule has 144 valence electrons. The molecule has 8 nitrogen and oxygen atoms in total. The molecule has 2 N–H and O–H groups in total. The molecule has 1 amide bonds. The first-order valence-corrected chi connectivity index (χ1v) is 8.50. The Morgan fingerprint density at radius 2 is 1.96 bits per heavy atom. The minimum absolute atomic E-state index is 0.158. The van der Waals surface area contributed by atoms with E-state index in [1.165, 1.54) is 6.21 Å². The van der Waals surface area contributed by atoms with Crippen molar-refractivity contribution in [2.24, 2.45) is 5.10 Å². The number of ether oxygens (including phenoxy) is 2. The van der Waals surface area contributed by atoms with Gasteiger partial charge in [-0.1, -0.05) is 18.2 Å². The molecule has 1 aromatic heterocycles. The number of rotatable bonds is 8. The topological polar surface area (TPSA) is 110 Å². The number of carboxylic acid groups (broad SMARTS) is 1. The number of carboxylic acids is 1. The van der Waals surface area contributed by atoms with Gasteiger partial charge in [-0.25, -0.2) is 10.2 Å². The maximum Gasteiger partial charge on any atom is 0.341 e. The van der Waals surface area contributed by atoms with Crippen LogP contribution in [0.2, 0.25) is 0 Å². The minimum atomic E-state index is -1.08. The van der Waals surface area contributed by atoms with Crippen LogP contribution in [0.4, 0.5) is 0 Å². The zero-order valence-corrected chi connectivity index (χ0v) is 15.0. The molecule has 0 aliphatic heterocycles. The lowest BCUT2D eigenvalue weighted by Crippen LogP contribution is -2.16. The first kappa shape index (κ1) is 19.0. The van der Waals surface area contributed by atoms with Crippen LogP contribution in [0.3, 0.4) is 0 Å². The molecule has 0 aliphatic rings. The summed E-state index contributed by atoms with van der Waals surface area (Å²) in [6, 6.07) is 13.8. The van der Waals surface area contributed by atoms with Gasteiger partial charge in [0.25, 0.3) is 0 Å². The van der Waals surface area contributed by atoms with E-state index in [2.05, 4.69) is 10.5 Å². The summed E-state index contributed by atoms with van der Waals surface area (Å²) in [5.74, 6) is -0.699. The van der Waals surface area contributed by atoms with Crippen LogP contribution in [0.1, 0.15) is 23.0 Å². The molecule has 28 heavy (non-hydrogen) atoms. The van der Waals surface area contributed by atoms with E-state index in [1.807, 2.05) is 18.2 Å². The molecule has 0 aliphatic carbocycles. The Kier molecular flexibility index (Phi) is 5.91. The molecule has 0 spiro atoms. The molecular formula is C20H18N2O6. The van der Waals surface area contributed by atoms with Gasteiger partial charge in [-0.15, -0.1) is 0 Å². The Hall–Kier alpha value is -3.81. The van der Waals surface area contributed by atoms with Crippen LogP contribution in [0.15, 0.2) is 58.0 Å². The van der Waals surface area contributed by atoms with Gasteiger partial charge in [-0.05, 0) is 42.8 Å². The molecule has 8 heteroatoms. The van der Waals surface area contributed by atoms with E-state index in [1.54, 1.807) is 37.3 Å². The van der Waals surface area contributed by atoms with Crippen LogP contribution in [-0.2, 0) is 4.79 Å². The van der Waals surface area contributed by atoms with E-state index in [0.717, 1.165) is 5.39 Å². The molecular weight excluding hydrogens is 364 g/mol. The van der Waals surface area contributed by atoms with Crippen molar-refractivity contribution in [1.29, 1.82) is 0 Å². The van der Waals surface area contributed by atoms with Gasteiger partial charge in [0.2, 0.25) is 0 Å². The third-order valence-corrected chi connectivity index (χ3v) is 3.65. The molecule has 0 fully saturated rings. The van der Waals surface area contributed by atoms with Crippen molar-refractivity contribution in [2.45, 2.75) is 6.92 Å². The number of nitrogens with one attached hydrogen (secondary N) is 1. The van der Waals surface area contributed by atoms with Gasteiger partial charge in [0.15, 0.2) is 23.9 Å². The van der Waals surface area contributed by atoms with E-state index in [-0.39, 0.29) is 5.76 Å². The second-order valence-electron chi connectivity index (χ2n) is 5.67. The van der Waals surface area contributed by atoms with Crippen LogP contribution in [0.25, 0.3) is 11.0 Å². The number of furan rings is 1. The fourth-order valence-corrected chi connectivity index (χ4v) is 2.45. The SMILES string of the molecule is CCOc1cc(/C=N/NC(=O)c2cc3ccccc3o2)ccc1OCC(=O)O. The molecule has 0 atom stereocenters. The number of hydrogen-bond acceptors (Lipinski definition) is 6. The average Bonchev–Trinajstić information content (AvgIpc) is 3.12. The highest BCUT2D eigenvalue weighted by Gasteiger charge is 2.11. The van der Waals surface area contributed by atoms with Gasteiger partial charge in [-0.2, -0.15) is 5.10 Å². The minimum Gasteiger partial charge on any atom is -0.490 e. The number of amides is 1. The Bertz CT molecular complexity index is 991. The van der Waals surface area contributed by atoms with E-state index >= 15 is 0 Å². The summed E-state index contributed by atoms with van der Waals surface area (Å²) in [6.07, 6.45) is 1.43. The summed E-state index contributed by atoms with van der Waals surface area (Å²) < 4.78 is 16.1. The second kappa shape index (κ2) is 8.72. The average molecular weight is 382 g/mol. The summed E-state index contributed by atoms with van der Waals surface area (Å²) in [5, 5.41) is 13.5. The highest BCUT2D eigenvalue weighted by atomic mass is 16.5. The lowest BCUT2D eigenvalue weighted by atomic mass is 10.2. The monoisotopic (exact) mass is 382 g/mol. The van der Waals surface area contributed by atoms with E-state index in [0.29, 0.717) is 29.3 Å². The number of carbonyl (C=O) groups excluding carboxylic acids is 1. The van der Waals surface area contributed by atoms with Crippen molar-refractivity contribution < 1.29 is 28.6 Å². The molecule has 2 aromatic carbocycles. The number of fused-ring (bicyclic) bond motifs is 1. The number of carbonyl (C=O) groups is 2. The van der Waals surface area contributed by atoms with Crippen LogP contribution in [-0.4, -0.2) is 36.4 Å². The van der Waals surface area contributed by atoms with Crippen molar-refractivity contribution >= 4 is 29.1 Å². The number of hydrazone groups is 1. The maximum absolute atomic E-state index is 12.2. The van der Waals surface area contributed by atoms with Gasteiger partial charge in [-0.3, -0.25) is 4.79 Å². The van der Waals surface area contributed by atoms with Crippen LogP contribution < -0.4 is 14.9 Å². The lowest BCUT2D eigenvalue weighted by molar-refractivity contribution is -0.139. The number of benzene rings is 2. The first-order valence-electron chi connectivity index (χ1n) is 8.50. The maximum atomic E-state index is 12.2. The fourth-order valence-electron chi connectivity index (χ4n) is 2.45. The normalized spacial score (nSPS) is 10.9. The van der Waals surface area contributed by atoms with Crippen LogP contribution in [0.5, 0.6) is 11.5 Å². The number of para-hydroxylation sites is 1. The highest BCUT2D eigenvalue weighted by molar-refractivity contribution is 5.96. The summed E-state index contributed by atoms with van der Waals surface area (Å²) in [5.41, 5.74) is 3.66. The van der Waals surface area contributed by atoms with Crippen molar-refractivity contribution in [1.82, 2.24) is 5.43 Å².